The fourth-order valence-electron chi connectivity index (χ4n) is 2.83. The summed E-state index contributed by atoms with van der Waals surface area (Å²) in [7, 11) is 0. The van der Waals surface area contributed by atoms with E-state index in [9.17, 15) is 23.2 Å². The number of aromatic amines is 1. The van der Waals surface area contributed by atoms with Crippen LogP contribution in [0.1, 0.15) is 48.3 Å². The average molecular weight is 335 g/mol. The fourth-order valence-corrected chi connectivity index (χ4v) is 2.83. The van der Waals surface area contributed by atoms with Gasteiger partial charge in [0, 0.05) is 12.5 Å². The fraction of sp³-hybridized carbons (Fsp3) is 0.312. The zero-order valence-corrected chi connectivity index (χ0v) is 13.0. The molecule has 126 valence electrons. The molecule has 0 fully saturated rings. The topological polar surface area (TPSA) is 84.0 Å². The van der Waals surface area contributed by atoms with Gasteiger partial charge < -0.3 is 5.32 Å². The van der Waals surface area contributed by atoms with Crippen molar-refractivity contribution in [1.82, 2.24) is 9.55 Å². The Kier molecular flexibility index (Phi) is 3.82. The average Bonchev–Trinajstić information content (AvgIpc) is 2.48. The molecule has 0 aliphatic carbocycles. The number of ketones is 1. The van der Waals surface area contributed by atoms with Gasteiger partial charge in [0.05, 0.1) is 6.04 Å². The van der Waals surface area contributed by atoms with Crippen LogP contribution in [0.2, 0.25) is 0 Å². The summed E-state index contributed by atoms with van der Waals surface area (Å²) in [6.45, 7) is 3.32. The molecule has 0 amide bonds. The van der Waals surface area contributed by atoms with Crippen molar-refractivity contribution in [3.05, 3.63) is 61.8 Å². The lowest BCUT2D eigenvalue weighted by molar-refractivity contribution is 0.0969. The van der Waals surface area contributed by atoms with Gasteiger partial charge in [-0.2, -0.15) is 0 Å². The van der Waals surface area contributed by atoms with E-state index in [1.165, 1.54) is 6.07 Å². The number of benzene rings is 1. The molecule has 2 aromatic rings. The van der Waals surface area contributed by atoms with Crippen molar-refractivity contribution in [2.45, 2.75) is 32.4 Å². The smallest absolute Gasteiger partial charge is 0.330 e. The molecular formula is C16H15F2N3O3. The Labute approximate surface area is 135 Å². The summed E-state index contributed by atoms with van der Waals surface area (Å²) in [5.41, 5.74) is -1.08. The van der Waals surface area contributed by atoms with Crippen LogP contribution in [-0.2, 0) is 0 Å². The zero-order valence-electron chi connectivity index (χ0n) is 13.0. The van der Waals surface area contributed by atoms with Crippen molar-refractivity contribution in [3.63, 3.8) is 0 Å². The molecule has 2 heterocycles. The summed E-state index contributed by atoms with van der Waals surface area (Å²) in [5, 5.41) is 2.86. The Hall–Kier alpha value is -2.77. The second-order valence-corrected chi connectivity index (χ2v) is 5.95. The Bertz CT molecular complexity index is 947. The third kappa shape index (κ3) is 2.53. The molecule has 0 saturated heterocycles. The molecule has 2 N–H and O–H groups in total. The van der Waals surface area contributed by atoms with Crippen LogP contribution in [0.3, 0.4) is 0 Å². The largest absolute Gasteiger partial charge is 0.363 e. The van der Waals surface area contributed by atoms with Crippen molar-refractivity contribution < 1.29 is 13.6 Å². The molecule has 1 aromatic carbocycles. The molecule has 1 aliphatic heterocycles. The number of hydrogen-bond donors (Lipinski definition) is 2. The van der Waals surface area contributed by atoms with Crippen LogP contribution >= 0.6 is 0 Å². The van der Waals surface area contributed by atoms with Gasteiger partial charge in [-0.15, -0.1) is 0 Å². The van der Waals surface area contributed by atoms with Crippen molar-refractivity contribution in [2.75, 3.05) is 5.32 Å². The molecule has 3 rings (SSSR count). The SMILES string of the molecule is CC(C)n1c(=O)[nH]c2c(c1=O)C(=O)C[C@H](c1ccc(F)c(F)c1)N2. The van der Waals surface area contributed by atoms with E-state index in [0.717, 1.165) is 16.7 Å². The maximum atomic E-state index is 13.4. The molecule has 8 heteroatoms. The first kappa shape index (κ1) is 16.1. The number of Topliss-reactive ketones (excluding diaryl/α,β-unsaturated/α-hetero) is 1. The summed E-state index contributed by atoms with van der Waals surface area (Å²) in [5.74, 6) is -2.48. The summed E-state index contributed by atoms with van der Waals surface area (Å²) in [6, 6.07) is 2.24. The Morgan fingerprint density at radius 3 is 2.50 bits per heavy atom. The molecule has 0 bridgehead atoms. The van der Waals surface area contributed by atoms with E-state index >= 15 is 0 Å². The maximum Gasteiger partial charge on any atom is 0.330 e. The normalized spacial score (nSPS) is 16.9. The number of H-pyrrole nitrogens is 1. The predicted molar refractivity (Wildman–Crippen MR) is 83.4 cm³/mol. The zero-order chi connectivity index (χ0) is 17.6. The summed E-state index contributed by atoms with van der Waals surface area (Å²) in [6.07, 6.45) is -0.0998. The summed E-state index contributed by atoms with van der Waals surface area (Å²) >= 11 is 0. The van der Waals surface area contributed by atoms with E-state index in [1.54, 1.807) is 13.8 Å². The molecule has 0 unspecified atom stereocenters. The van der Waals surface area contributed by atoms with E-state index in [1.807, 2.05) is 0 Å². The molecule has 0 saturated carbocycles. The highest BCUT2D eigenvalue weighted by Crippen LogP contribution is 2.30. The van der Waals surface area contributed by atoms with Crippen LogP contribution < -0.4 is 16.6 Å². The van der Waals surface area contributed by atoms with Gasteiger partial charge in [0.2, 0.25) is 0 Å². The minimum Gasteiger partial charge on any atom is -0.363 e. The van der Waals surface area contributed by atoms with Crippen LogP contribution in [-0.4, -0.2) is 15.3 Å². The Morgan fingerprint density at radius 1 is 1.17 bits per heavy atom. The van der Waals surface area contributed by atoms with Crippen molar-refractivity contribution in [3.8, 4) is 0 Å². The van der Waals surface area contributed by atoms with E-state index in [2.05, 4.69) is 10.3 Å². The highest BCUT2D eigenvalue weighted by atomic mass is 19.2. The van der Waals surface area contributed by atoms with Crippen molar-refractivity contribution in [2.24, 2.45) is 0 Å². The second kappa shape index (κ2) is 5.70. The van der Waals surface area contributed by atoms with Crippen LogP contribution in [0.4, 0.5) is 14.6 Å². The first-order valence-corrected chi connectivity index (χ1v) is 7.43. The lowest BCUT2D eigenvalue weighted by atomic mass is 9.94. The van der Waals surface area contributed by atoms with E-state index in [-0.39, 0.29) is 17.8 Å². The first-order chi connectivity index (χ1) is 11.3. The van der Waals surface area contributed by atoms with Crippen molar-refractivity contribution in [1.29, 1.82) is 0 Å². The monoisotopic (exact) mass is 335 g/mol. The number of halogens is 2. The lowest BCUT2D eigenvalue weighted by Gasteiger charge is -2.26. The van der Waals surface area contributed by atoms with Gasteiger partial charge in [0.25, 0.3) is 5.56 Å². The third-order valence-electron chi connectivity index (χ3n) is 3.98. The van der Waals surface area contributed by atoms with Gasteiger partial charge in [0.15, 0.2) is 17.4 Å². The molecule has 24 heavy (non-hydrogen) atoms. The van der Waals surface area contributed by atoms with E-state index < -0.39 is 40.8 Å². The summed E-state index contributed by atoms with van der Waals surface area (Å²) in [4.78, 5) is 39.3. The Balaban J connectivity index is 2.08. The van der Waals surface area contributed by atoms with Gasteiger partial charge in [-0.1, -0.05) is 6.07 Å². The molecule has 1 atom stereocenters. The Morgan fingerprint density at radius 2 is 1.88 bits per heavy atom. The van der Waals surface area contributed by atoms with Gasteiger partial charge >= 0.3 is 5.69 Å². The number of nitrogens with one attached hydrogen (secondary N) is 2. The molecule has 0 spiro atoms. The maximum absolute atomic E-state index is 13.4. The molecule has 6 nitrogen and oxygen atoms in total. The predicted octanol–water partition coefficient (Wildman–Crippen LogP) is 2.14. The highest BCUT2D eigenvalue weighted by molar-refractivity contribution is 6.02. The number of rotatable bonds is 2. The van der Waals surface area contributed by atoms with Gasteiger partial charge in [-0.3, -0.25) is 19.1 Å². The number of nitrogens with zero attached hydrogens (tertiary/aromatic N) is 1. The van der Waals surface area contributed by atoms with Gasteiger partial charge in [0.1, 0.15) is 11.4 Å². The van der Waals surface area contributed by atoms with Gasteiger partial charge in [-0.25, -0.2) is 13.6 Å². The number of carbonyl (C=O) groups is 1. The highest BCUT2D eigenvalue weighted by Gasteiger charge is 2.31. The second-order valence-electron chi connectivity index (χ2n) is 5.95. The minimum absolute atomic E-state index is 0.00730. The van der Waals surface area contributed by atoms with Crippen molar-refractivity contribution >= 4 is 11.6 Å². The van der Waals surface area contributed by atoms with E-state index in [0.29, 0.717) is 5.56 Å². The summed E-state index contributed by atoms with van der Waals surface area (Å²) < 4.78 is 27.4. The van der Waals surface area contributed by atoms with Crippen LogP contribution in [0, 0.1) is 11.6 Å². The first-order valence-electron chi connectivity index (χ1n) is 7.43. The molecule has 0 radical (unpaired) electrons. The third-order valence-corrected chi connectivity index (χ3v) is 3.98. The van der Waals surface area contributed by atoms with Gasteiger partial charge in [-0.05, 0) is 31.5 Å². The molecule has 1 aromatic heterocycles. The van der Waals surface area contributed by atoms with Crippen LogP contribution in [0.5, 0.6) is 0 Å². The van der Waals surface area contributed by atoms with Crippen LogP contribution in [0.15, 0.2) is 27.8 Å². The van der Waals surface area contributed by atoms with E-state index in [4.69, 9.17) is 0 Å². The number of aromatic nitrogens is 2. The number of hydrogen-bond acceptors (Lipinski definition) is 4. The number of fused-ring (bicyclic) bond motifs is 1. The molecular weight excluding hydrogens is 320 g/mol. The lowest BCUT2D eigenvalue weighted by Crippen LogP contribution is -2.42. The quantitative estimate of drug-likeness (QED) is 0.881. The minimum atomic E-state index is -1.03. The molecule has 1 aliphatic rings. The van der Waals surface area contributed by atoms with Crippen LogP contribution in [0.25, 0.3) is 0 Å². The standard InChI is InChI=1S/C16H15F2N3O3/c1-7(2)21-15(23)13-12(22)6-11(19-14(13)20-16(21)24)8-3-4-9(17)10(18)5-8/h3-5,7,11,19H,6H2,1-2H3,(H,20,24)/t11-/m1/s1. The number of carbonyl (C=O) groups excluding carboxylic acids is 1. The number of anilines is 1.